The zero-order valence-electron chi connectivity index (χ0n) is 11.0. The fraction of sp³-hybridized carbons (Fsp3) is 0.727. The van der Waals surface area contributed by atoms with Crippen molar-refractivity contribution in [2.45, 2.75) is 26.2 Å². The highest BCUT2D eigenvalue weighted by molar-refractivity contribution is 7.51. The topological polar surface area (TPSA) is 102 Å². The number of carbonyl (C=O) groups excluding carboxylic acids is 1. The predicted molar refractivity (Wildman–Crippen MR) is 68.4 cm³/mol. The third-order valence-corrected chi connectivity index (χ3v) is 2.77. The number of hydrogen-bond acceptors (Lipinski definition) is 5. The molecule has 0 bridgehead atoms. The van der Waals surface area contributed by atoms with Gasteiger partial charge in [0.05, 0.1) is 26.0 Å². The van der Waals surface area contributed by atoms with Crippen LogP contribution in [0.15, 0.2) is 12.2 Å². The summed E-state index contributed by atoms with van der Waals surface area (Å²) in [4.78, 5) is 37.4. The molecule has 19 heavy (non-hydrogen) atoms. The molecular formula is C11H21O7P. The van der Waals surface area contributed by atoms with Crippen LogP contribution in [-0.4, -0.2) is 41.7 Å². The van der Waals surface area contributed by atoms with Crippen molar-refractivity contribution in [1.29, 1.82) is 0 Å². The van der Waals surface area contributed by atoms with Crippen molar-refractivity contribution in [2.24, 2.45) is 0 Å². The average molecular weight is 296 g/mol. The van der Waals surface area contributed by atoms with Gasteiger partial charge in [-0.25, -0.2) is 14.6 Å². The first-order valence-corrected chi connectivity index (χ1v) is 7.74. The second-order valence-corrected chi connectivity index (χ2v) is 5.79. The van der Waals surface area contributed by atoms with Crippen LogP contribution in [0.3, 0.4) is 0 Å². The van der Waals surface area contributed by atoms with E-state index in [-0.39, 0.29) is 12.8 Å². The first kappa shape index (κ1) is 18.3. The van der Waals surface area contributed by atoms with Crippen LogP contribution in [0, 0.1) is 0 Å². The van der Waals surface area contributed by atoms with E-state index in [0.29, 0.717) is 31.6 Å². The summed E-state index contributed by atoms with van der Waals surface area (Å²) in [6.07, 6.45) is 1.86. The van der Waals surface area contributed by atoms with E-state index in [1.165, 1.54) is 0 Å². The lowest BCUT2D eigenvalue weighted by Crippen LogP contribution is -2.06. The maximum Gasteiger partial charge on any atom is 0.333 e. The fourth-order valence-electron chi connectivity index (χ4n) is 1.00. The van der Waals surface area contributed by atoms with Crippen LogP contribution in [0.25, 0.3) is 0 Å². The van der Waals surface area contributed by atoms with E-state index < -0.39 is 13.6 Å². The number of esters is 1. The third-order valence-electron chi connectivity index (χ3n) is 2.00. The van der Waals surface area contributed by atoms with Gasteiger partial charge in [-0.15, -0.1) is 0 Å². The minimum absolute atomic E-state index is 0.138. The molecule has 0 aromatic carbocycles. The molecule has 0 rings (SSSR count). The normalized spacial score (nSPS) is 11.3. The van der Waals surface area contributed by atoms with Gasteiger partial charge in [0, 0.05) is 5.57 Å². The first-order valence-electron chi connectivity index (χ1n) is 5.94. The van der Waals surface area contributed by atoms with Crippen LogP contribution in [-0.2, 0) is 23.9 Å². The molecule has 2 N–H and O–H groups in total. The summed E-state index contributed by atoms with van der Waals surface area (Å²) in [6.45, 7) is 5.58. The summed E-state index contributed by atoms with van der Waals surface area (Å²) in [7, 11) is -4.01. The zero-order chi connectivity index (χ0) is 14.7. The molecule has 0 aliphatic carbocycles. The molecule has 0 saturated carbocycles. The van der Waals surface area contributed by atoms with E-state index in [9.17, 15) is 9.36 Å². The number of rotatable bonds is 11. The lowest BCUT2D eigenvalue weighted by atomic mass is 10.2. The van der Waals surface area contributed by atoms with Gasteiger partial charge in [0.25, 0.3) is 0 Å². The zero-order valence-corrected chi connectivity index (χ0v) is 11.9. The molecule has 0 spiro atoms. The van der Waals surface area contributed by atoms with Gasteiger partial charge in [-0.2, -0.15) is 0 Å². The molecule has 0 unspecified atom stereocenters. The van der Waals surface area contributed by atoms with Crippen molar-refractivity contribution >= 4 is 13.6 Å². The average Bonchev–Trinajstić information content (AvgIpc) is 2.29. The smallest absolute Gasteiger partial charge is 0.333 e. The minimum Gasteiger partial charge on any atom is -0.462 e. The molecule has 0 saturated heterocycles. The Morgan fingerprint density at radius 3 is 2.26 bits per heavy atom. The van der Waals surface area contributed by atoms with Crippen LogP contribution in [0.5, 0.6) is 0 Å². The van der Waals surface area contributed by atoms with Crippen molar-refractivity contribution in [2.75, 3.05) is 26.0 Å². The van der Waals surface area contributed by atoms with E-state index in [1.54, 1.807) is 6.92 Å². The monoisotopic (exact) mass is 296 g/mol. The van der Waals surface area contributed by atoms with Gasteiger partial charge in [0.15, 0.2) is 0 Å². The van der Waals surface area contributed by atoms with Gasteiger partial charge in [0.2, 0.25) is 0 Å². The predicted octanol–water partition coefficient (Wildman–Crippen LogP) is 1.40. The van der Waals surface area contributed by atoms with Gasteiger partial charge < -0.3 is 14.5 Å². The second-order valence-electron chi connectivity index (χ2n) is 4.01. The van der Waals surface area contributed by atoms with E-state index >= 15 is 0 Å². The van der Waals surface area contributed by atoms with E-state index in [1.807, 2.05) is 0 Å². The fourth-order valence-corrected chi connectivity index (χ4v) is 1.31. The summed E-state index contributed by atoms with van der Waals surface area (Å²) in [5.41, 5.74) is 0.377. The quantitative estimate of drug-likeness (QED) is 0.148. The van der Waals surface area contributed by atoms with Crippen LogP contribution < -0.4 is 0 Å². The van der Waals surface area contributed by atoms with Gasteiger partial charge in [0.1, 0.15) is 0 Å². The molecule has 0 aromatic heterocycles. The summed E-state index contributed by atoms with van der Waals surface area (Å²) in [5.74, 6) is -0.392. The van der Waals surface area contributed by atoms with Crippen molar-refractivity contribution < 1.29 is 33.7 Å². The molecule has 0 heterocycles. The standard InChI is InChI=1S/C11H21O7P/c1-10(2)11(12)16-6-4-3-5-7-17-18-8-9-19(13,14)15/h1,3-9H2,2H3,(H2,13,14,15). The molecule has 0 aliphatic rings. The molecule has 0 aliphatic heterocycles. The Hall–Kier alpha value is -0.720. The largest absolute Gasteiger partial charge is 0.462 e. The molecule has 0 radical (unpaired) electrons. The van der Waals surface area contributed by atoms with E-state index in [0.717, 1.165) is 6.42 Å². The second kappa shape index (κ2) is 10.1. The highest BCUT2D eigenvalue weighted by Crippen LogP contribution is 2.33. The Kier molecular flexibility index (Phi) is 9.73. The summed E-state index contributed by atoms with van der Waals surface area (Å²) < 4.78 is 15.3. The maximum absolute atomic E-state index is 11.0. The molecule has 112 valence electrons. The van der Waals surface area contributed by atoms with Gasteiger partial charge in [-0.1, -0.05) is 6.58 Å². The van der Waals surface area contributed by atoms with Crippen LogP contribution in [0.2, 0.25) is 0 Å². The van der Waals surface area contributed by atoms with Gasteiger partial charge in [-0.3, -0.25) is 4.57 Å². The lowest BCUT2D eigenvalue weighted by Gasteiger charge is -2.06. The third kappa shape index (κ3) is 13.5. The summed E-state index contributed by atoms with van der Waals surface area (Å²) >= 11 is 0. The Morgan fingerprint density at radius 2 is 1.68 bits per heavy atom. The van der Waals surface area contributed by atoms with E-state index in [2.05, 4.69) is 11.5 Å². The molecule has 0 atom stereocenters. The Bertz CT molecular complexity index is 323. The van der Waals surface area contributed by atoms with Crippen molar-refractivity contribution in [1.82, 2.24) is 0 Å². The van der Waals surface area contributed by atoms with Gasteiger partial charge in [-0.05, 0) is 26.2 Å². The number of carbonyl (C=O) groups is 1. The Labute approximate surface area is 112 Å². The molecule has 0 fully saturated rings. The number of ether oxygens (including phenoxy) is 1. The Balaban J connectivity index is 3.22. The highest BCUT2D eigenvalue weighted by atomic mass is 31.2. The Morgan fingerprint density at radius 1 is 1.11 bits per heavy atom. The summed E-state index contributed by atoms with van der Waals surface area (Å²) in [6, 6.07) is 0. The SMILES string of the molecule is C=C(C)C(=O)OCCCCCOOCCP(=O)(O)O. The first-order chi connectivity index (χ1) is 8.83. The maximum atomic E-state index is 11.0. The van der Waals surface area contributed by atoms with Crippen LogP contribution >= 0.6 is 7.60 Å². The van der Waals surface area contributed by atoms with Crippen LogP contribution in [0.4, 0.5) is 0 Å². The van der Waals surface area contributed by atoms with Gasteiger partial charge >= 0.3 is 13.6 Å². The molecule has 0 amide bonds. The number of unbranched alkanes of at least 4 members (excludes halogenated alkanes) is 2. The molecular weight excluding hydrogens is 275 g/mol. The van der Waals surface area contributed by atoms with Crippen LogP contribution in [0.1, 0.15) is 26.2 Å². The number of hydrogen-bond donors (Lipinski definition) is 2. The highest BCUT2D eigenvalue weighted by Gasteiger charge is 2.11. The van der Waals surface area contributed by atoms with E-state index in [4.69, 9.17) is 19.4 Å². The van der Waals surface area contributed by atoms with Crippen molar-refractivity contribution in [3.63, 3.8) is 0 Å². The minimum atomic E-state index is -4.01. The lowest BCUT2D eigenvalue weighted by molar-refractivity contribution is -0.291. The molecule has 0 aromatic rings. The van der Waals surface area contributed by atoms with Crippen molar-refractivity contribution in [3.8, 4) is 0 Å². The molecule has 7 nitrogen and oxygen atoms in total. The summed E-state index contributed by atoms with van der Waals surface area (Å²) in [5, 5.41) is 0. The van der Waals surface area contributed by atoms with Crippen molar-refractivity contribution in [3.05, 3.63) is 12.2 Å². The molecule has 8 heteroatoms.